The maximum atomic E-state index is 12.4. The summed E-state index contributed by atoms with van der Waals surface area (Å²) in [5.41, 5.74) is 1.19. The van der Waals surface area contributed by atoms with Crippen molar-refractivity contribution in [1.29, 1.82) is 0 Å². The van der Waals surface area contributed by atoms with E-state index in [0.717, 1.165) is 27.9 Å². The zero-order chi connectivity index (χ0) is 18.8. The SMILES string of the molecule is CN(C)c1ccc(/C=C2\SC(=O)N(CC(=O)OC(C)(C)C)C2=O)cc1. The van der Waals surface area contributed by atoms with Crippen molar-refractivity contribution in [3.8, 4) is 0 Å². The van der Waals surface area contributed by atoms with Crippen LogP contribution in [0.3, 0.4) is 0 Å². The largest absolute Gasteiger partial charge is 0.459 e. The highest BCUT2D eigenvalue weighted by molar-refractivity contribution is 8.18. The minimum absolute atomic E-state index is 0.297. The number of esters is 1. The van der Waals surface area contributed by atoms with Crippen molar-refractivity contribution in [1.82, 2.24) is 4.90 Å². The number of imide groups is 1. The van der Waals surface area contributed by atoms with Gasteiger partial charge in [0.1, 0.15) is 12.1 Å². The number of benzene rings is 1. The standard InChI is InChI=1S/C18H22N2O4S/c1-18(2,3)24-15(21)11-20-16(22)14(25-17(20)23)10-12-6-8-13(9-7-12)19(4)5/h6-10H,11H2,1-5H3/b14-10-. The molecule has 1 saturated heterocycles. The monoisotopic (exact) mass is 362 g/mol. The lowest BCUT2D eigenvalue weighted by Crippen LogP contribution is -2.37. The highest BCUT2D eigenvalue weighted by Crippen LogP contribution is 2.32. The molecule has 1 heterocycles. The number of ether oxygens (including phenoxy) is 1. The van der Waals surface area contributed by atoms with Crippen molar-refractivity contribution in [2.75, 3.05) is 25.5 Å². The fraction of sp³-hybridized carbons (Fsp3) is 0.389. The Morgan fingerprint density at radius 1 is 1.20 bits per heavy atom. The number of anilines is 1. The Morgan fingerprint density at radius 2 is 1.80 bits per heavy atom. The average molecular weight is 362 g/mol. The van der Waals surface area contributed by atoms with Crippen LogP contribution in [0, 0.1) is 0 Å². The minimum atomic E-state index is -0.664. The van der Waals surface area contributed by atoms with Crippen LogP contribution in [0.4, 0.5) is 10.5 Å². The highest BCUT2D eigenvalue weighted by Gasteiger charge is 2.37. The number of carbonyl (C=O) groups is 3. The average Bonchev–Trinajstić information content (AvgIpc) is 2.73. The summed E-state index contributed by atoms with van der Waals surface area (Å²) >= 11 is 0.827. The van der Waals surface area contributed by atoms with E-state index in [1.54, 1.807) is 26.8 Å². The highest BCUT2D eigenvalue weighted by atomic mass is 32.2. The van der Waals surface area contributed by atoms with Crippen LogP contribution in [0.5, 0.6) is 0 Å². The van der Waals surface area contributed by atoms with E-state index in [-0.39, 0.29) is 6.54 Å². The third-order valence-corrected chi connectivity index (χ3v) is 4.20. The Morgan fingerprint density at radius 3 is 2.32 bits per heavy atom. The molecule has 1 aromatic rings. The van der Waals surface area contributed by atoms with Crippen LogP contribution in [0.1, 0.15) is 26.3 Å². The number of amides is 2. The zero-order valence-corrected chi connectivity index (χ0v) is 15.8. The van der Waals surface area contributed by atoms with Crippen LogP contribution in [0.2, 0.25) is 0 Å². The van der Waals surface area contributed by atoms with Gasteiger partial charge < -0.3 is 9.64 Å². The van der Waals surface area contributed by atoms with E-state index in [0.29, 0.717) is 4.91 Å². The molecule has 2 rings (SSSR count). The normalized spacial score (nSPS) is 16.5. The van der Waals surface area contributed by atoms with E-state index in [4.69, 9.17) is 4.74 Å². The number of rotatable bonds is 4. The van der Waals surface area contributed by atoms with Gasteiger partial charge in [-0.25, -0.2) is 0 Å². The maximum Gasteiger partial charge on any atom is 0.326 e. The molecule has 0 aromatic heterocycles. The van der Waals surface area contributed by atoms with E-state index in [2.05, 4.69) is 0 Å². The van der Waals surface area contributed by atoms with Gasteiger partial charge in [0, 0.05) is 19.8 Å². The van der Waals surface area contributed by atoms with Gasteiger partial charge in [0.2, 0.25) is 0 Å². The van der Waals surface area contributed by atoms with Gasteiger partial charge in [-0.15, -0.1) is 0 Å². The Hall–Kier alpha value is -2.28. The van der Waals surface area contributed by atoms with Crippen LogP contribution >= 0.6 is 11.8 Å². The van der Waals surface area contributed by atoms with Crippen molar-refractivity contribution in [3.05, 3.63) is 34.7 Å². The molecular weight excluding hydrogens is 340 g/mol. The van der Waals surface area contributed by atoms with E-state index < -0.39 is 22.7 Å². The second-order valence-electron chi connectivity index (χ2n) is 6.84. The molecule has 1 fully saturated rings. The number of hydrogen-bond donors (Lipinski definition) is 0. The zero-order valence-electron chi connectivity index (χ0n) is 15.0. The minimum Gasteiger partial charge on any atom is -0.459 e. The predicted octanol–water partition coefficient (Wildman–Crippen LogP) is 3.13. The van der Waals surface area contributed by atoms with Gasteiger partial charge in [-0.1, -0.05) is 12.1 Å². The van der Waals surface area contributed by atoms with Gasteiger partial charge >= 0.3 is 5.97 Å². The summed E-state index contributed by atoms with van der Waals surface area (Å²) in [6.45, 7) is 4.82. The Balaban J connectivity index is 2.10. The smallest absolute Gasteiger partial charge is 0.326 e. The van der Waals surface area contributed by atoms with Gasteiger partial charge in [0.05, 0.1) is 4.91 Å². The van der Waals surface area contributed by atoms with E-state index >= 15 is 0 Å². The molecule has 0 radical (unpaired) electrons. The first-order chi connectivity index (χ1) is 11.6. The number of carbonyl (C=O) groups excluding carboxylic acids is 3. The summed E-state index contributed by atoms with van der Waals surface area (Å²) < 4.78 is 5.17. The van der Waals surface area contributed by atoms with Crippen LogP contribution in [-0.2, 0) is 14.3 Å². The first kappa shape index (κ1) is 19.1. The summed E-state index contributed by atoms with van der Waals surface area (Å²) in [7, 11) is 3.88. The lowest BCUT2D eigenvalue weighted by atomic mass is 10.2. The van der Waals surface area contributed by atoms with Crippen molar-refractivity contribution < 1.29 is 19.1 Å². The summed E-state index contributed by atoms with van der Waals surface area (Å²) in [5.74, 6) is -1.08. The fourth-order valence-corrected chi connectivity index (χ4v) is 3.00. The first-order valence-corrected chi connectivity index (χ1v) is 8.63. The van der Waals surface area contributed by atoms with E-state index in [1.165, 1.54) is 0 Å². The quantitative estimate of drug-likeness (QED) is 0.606. The van der Waals surface area contributed by atoms with Crippen molar-refractivity contribution in [2.24, 2.45) is 0 Å². The Kier molecular flexibility index (Phi) is 5.57. The molecule has 25 heavy (non-hydrogen) atoms. The number of nitrogens with zero attached hydrogens (tertiary/aromatic N) is 2. The van der Waals surface area contributed by atoms with Gasteiger partial charge in [0.15, 0.2) is 0 Å². The molecule has 6 nitrogen and oxygen atoms in total. The van der Waals surface area contributed by atoms with Gasteiger partial charge in [-0.3, -0.25) is 19.3 Å². The van der Waals surface area contributed by atoms with Gasteiger partial charge in [-0.2, -0.15) is 0 Å². The van der Waals surface area contributed by atoms with E-state index in [1.807, 2.05) is 43.3 Å². The Labute approximate surface area is 151 Å². The summed E-state index contributed by atoms with van der Waals surface area (Å²) in [5, 5.41) is -0.466. The van der Waals surface area contributed by atoms with Crippen LogP contribution < -0.4 is 4.90 Å². The van der Waals surface area contributed by atoms with Crippen LogP contribution in [0.15, 0.2) is 29.2 Å². The molecule has 1 aliphatic heterocycles. The first-order valence-electron chi connectivity index (χ1n) is 7.81. The number of hydrogen-bond acceptors (Lipinski definition) is 6. The molecule has 1 aliphatic rings. The third kappa shape index (κ3) is 5.09. The second-order valence-corrected chi connectivity index (χ2v) is 7.83. The number of thioether (sulfide) groups is 1. The summed E-state index contributed by atoms with van der Waals surface area (Å²) in [6.07, 6.45) is 1.65. The van der Waals surface area contributed by atoms with E-state index in [9.17, 15) is 14.4 Å². The maximum absolute atomic E-state index is 12.4. The molecule has 7 heteroatoms. The summed E-state index contributed by atoms with van der Waals surface area (Å²) in [4.78, 5) is 39.5. The van der Waals surface area contributed by atoms with Crippen molar-refractivity contribution >= 4 is 40.6 Å². The molecule has 0 bridgehead atoms. The second kappa shape index (κ2) is 7.31. The van der Waals surface area contributed by atoms with Crippen molar-refractivity contribution in [2.45, 2.75) is 26.4 Å². The molecule has 134 valence electrons. The van der Waals surface area contributed by atoms with Crippen LogP contribution in [0.25, 0.3) is 6.08 Å². The van der Waals surface area contributed by atoms with Crippen molar-refractivity contribution in [3.63, 3.8) is 0 Å². The summed E-state index contributed by atoms with van der Waals surface area (Å²) in [6, 6.07) is 7.60. The molecule has 0 atom stereocenters. The molecule has 0 saturated carbocycles. The predicted molar refractivity (Wildman–Crippen MR) is 99.3 cm³/mol. The van der Waals surface area contributed by atoms with Gasteiger partial charge in [0.25, 0.3) is 11.1 Å². The molecule has 0 unspecified atom stereocenters. The Bertz CT molecular complexity index is 718. The molecule has 0 N–H and O–H groups in total. The third-order valence-electron chi connectivity index (χ3n) is 3.29. The van der Waals surface area contributed by atoms with Gasteiger partial charge in [-0.05, 0) is 56.3 Å². The lowest BCUT2D eigenvalue weighted by Gasteiger charge is -2.21. The molecule has 0 aliphatic carbocycles. The fourth-order valence-electron chi connectivity index (χ4n) is 2.16. The lowest BCUT2D eigenvalue weighted by molar-refractivity contribution is -0.156. The molecule has 1 aromatic carbocycles. The molecule has 0 spiro atoms. The van der Waals surface area contributed by atoms with Crippen LogP contribution in [-0.4, -0.2) is 48.3 Å². The molecular formula is C18H22N2O4S. The topological polar surface area (TPSA) is 66.9 Å². The molecule has 2 amide bonds.